The third-order valence-electron chi connectivity index (χ3n) is 2.20. The Morgan fingerprint density at radius 1 is 1.62 bits per heavy atom. The predicted octanol–water partition coefficient (Wildman–Crippen LogP) is 0.886. The van der Waals surface area contributed by atoms with E-state index >= 15 is 0 Å². The molecule has 0 unspecified atom stereocenters. The summed E-state index contributed by atoms with van der Waals surface area (Å²) in [5.41, 5.74) is 1.26. The molecule has 0 aromatic carbocycles. The summed E-state index contributed by atoms with van der Waals surface area (Å²) in [7, 11) is 2.01. The summed E-state index contributed by atoms with van der Waals surface area (Å²) in [5.74, 6) is 0. The van der Waals surface area contributed by atoms with Crippen molar-refractivity contribution in [2.24, 2.45) is 7.05 Å². The van der Waals surface area contributed by atoms with Gasteiger partial charge in [0, 0.05) is 32.0 Å². The molecule has 1 atom stereocenters. The fraction of sp³-hybridized carbons (Fsp3) is 0.600. The maximum absolute atomic E-state index is 8.94. The molecule has 0 fully saturated rings. The molecule has 0 amide bonds. The molecule has 0 aliphatic heterocycles. The predicted molar refractivity (Wildman–Crippen MR) is 53.4 cm³/mol. The molecule has 74 valence electrons. The lowest BCUT2D eigenvalue weighted by molar-refractivity contribution is 0.238. The zero-order chi connectivity index (χ0) is 9.68. The van der Waals surface area contributed by atoms with Crippen LogP contribution in [0.1, 0.15) is 18.9 Å². The number of hydrogen-bond acceptors (Lipinski definition) is 2. The van der Waals surface area contributed by atoms with Gasteiger partial charge < -0.3 is 15.0 Å². The van der Waals surface area contributed by atoms with Crippen LogP contribution in [0.15, 0.2) is 18.5 Å². The van der Waals surface area contributed by atoms with E-state index in [4.69, 9.17) is 5.11 Å². The second-order valence-electron chi connectivity index (χ2n) is 3.35. The highest BCUT2D eigenvalue weighted by Gasteiger charge is 2.03. The van der Waals surface area contributed by atoms with Crippen LogP contribution in [0.2, 0.25) is 0 Å². The van der Waals surface area contributed by atoms with Gasteiger partial charge in [0.2, 0.25) is 0 Å². The van der Waals surface area contributed by atoms with E-state index in [0.717, 1.165) is 13.0 Å². The van der Waals surface area contributed by atoms with Crippen LogP contribution in [-0.2, 0) is 13.6 Å². The van der Waals surface area contributed by atoms with Gasteiger partial charge in [0.15, 0.2) is 0 Å². The van der Waals surface area contributed by atoms with Crippen molar-refractivity contribution in [3.63, 3.8) is 0 Å². The van der Waals surface area contributed by atoms with Crippen molar-refractivity contribution < 1.29 is 5.11 Å². The zero-order valence-corrected chi connectivity index (χ0v) is 8.33. The fourth-order valence-corrected chi connectivity index (χ4v) is 1.27. The second-order valence-corrected chi connectivity index (χ2v) is 3.35. The van der Waals surface area contributed by atoms with Crippen LogP contribution in [0.25, 0.3) is 0 Å². The highest BCUT2D eigenvalue weighted by atomic mass is 16.3. The Bertz CT molecular complexity index is 241. The maximum atomic E-state index is 8.94. The van der Waals surface area contributed by atoms with Gasteiger partial charge in [0.05, 0.1) is 6.61 Å². The Morgan fingerprint density at radius 2 is 2.38 bits per heavy atom. The van der Waals surface area contributed by atoms with E-state index in [9.17, 15) is 0 Å². The molecule has 0 radical (unpaired) electrons. The zero-order valence-electron chi connectivity index (χ0n) is 8.33. The highest BCUT2D eigenvalue weighted by molar-refractivity contribution is 5.09. The van der Waals surface area contributed by atoms with E-state index in [1.54, 1.807) is 0 Å². The Labute approximate surface area is 79.4 Å². The van der Waals surface area contributed by atoms with Gasteiger partial charge in [0.1, 0.15) is 0 Å². The summed E-state index contributed by atoms with van der Waals surface area (Å²) < 4.78 is 2.02. The molecule has 0 spiro atoms. The Balaban J connectivity index is 2.33. The van der Waals surface area contributed by atoms with E-state index in [1.807, 2.05) is 17.8 Å². The molecule has 1 aromatic heterocycles. The first-order valence-corrected chi connectivity index (χ1v) is 4.71. The number of aliphatic hydroxyl groups is 1. The molecule has 0 saturated carbocycles. The first-order chi connectivity index (χ1) is 6.26. The van der Waals surface area contributed by atoms with Crippen molar-refractivity contribution in [3.05, 3.63) is 24.0 Å². The minimum absolute atomic E-state index is 0.212. The standard InChI is InChI=1S/C10H18N2O/c1-3-10(8-13)11-6-9-4-5-12(2)7-9/h4-5,7,10-11,13H,3,6,8H2,1-2H3/t10-/m0/s1. The van der Waals surface area contributed by atoms with Crippen LogP contribution in [0.5, 0.6) is 0 Å². The van der Waals surface area contributed by atoms with Crippen LogP contribution in [0.4, 0.5) is 0 Å². The molecule has 1 aromatic rings. The third-order valence-corrected chi connectivity index (χ3v) is 2.20. The lowest BCUT2D eigenvalue weighted by atomic mass is 10.2. The SMILES string of the molecule is CC[C@@H](CO)NCc1ccn(C)c1. The number of aromatic nitrogens is 1. The summed E-state index contributed by atoms with van der Waals surface area (Å²) in [6.45, 7) is 3.11. The van der Waals surface area contributed by atoms with E-state index in [1.165, 1.54) is 5.56 Å². The van der Waals surface area contributed by atoms with Gasteiger partial charge in [0.25, 0.3) is 0 Å². The number of aliphatic hydroxyl groups excluding tert-OH is 1. The summed E-state index contributed by atoms with van der Waals surface area (Å²) in [5, 5.41) is 12.2. The van der Waals surface area contributed by atoms with Crippen LogP contribution >= 0.6 is 0 Å². The lowest BCUT2D eigenvalue weighted by Gasteiger charge is -2.12. The normalized spacial score (nSPS) is 13.2. The second kappa shape index (κ2) is 5.04. The average molecular weight is 182 g/mol. The van der Waals surface area contributed by atoms with Gasteiger partial charge in [-0.3, -0.25) is 0 Å². The lowest BCUT2D eigenvalue weighted by Crippen LogP contribution is -2.30. The molecule has 0 aliphatic rings. The quantitative estimate of drug-likeness (QED) is 0.709. The summed E-state index contributed by atoms with van der Waals surface area (Å²) >= 11 is 0. The molecule has 0 saturated heterocycles. The van der Waals surface area contributed by atoms with Gasteiger partial charge >= 0.3 is 0 Å². The monoisotopic (exact) mass is 182 g/mol. The van der Waals surface area contributed by atoms with E-state index in [2.05, 4.69) is 24.5 Å². The molecule has 13 heavy (non-hydrogen) atoms. The van der Waals surface area contributed by atoms with Gasteiger partial charge in [-0.2, -0.15) is 0 Å². The molecule has 3 heteroatoms. The van der Waals surface area contributed by atoms with Gasteiger partial charge in [-0.15, -0.1) is 0 Å². The van der Waals surface area contributed by atoms with Gasteiger partial charge in [-0.25, -0.2) is 0 Å². The van der Waals surface area contributed by atoms with Gasteiger partial charge in [-0.05, 0) is 18.1 Å². The summed E-state index contributed by atoms with van der Waals surface area (Å²) in [4.78, 5) is 0. The number of rotatable bonds is 5. The largest absolute Gasteiger partial charge is 0.395 e. The fourth-order valence-electron chi connectivity index (χ4n) is 1.27. The topological polar surface area (TPSA) is 37.2 Å². The van der Waals surface area contributed by atoms with Crippen molar-refractivity contribution in [1.82, 2.24) is 9.88 Å². The molecule has 1 heterocycles. The van der Waals surface area contributed by atoms with E-state index in [0.29, 0.717) is 0 Å². The molecule has 0 aliphatic carbocycles. The number of aryl methyl sites for hydroxylation is 1. The minimum Gasteiger partial charge on any atom is -0.395 e. The molecular weight excluding hydrogens is 164 g/mol. The maximum Gasteiger partial charge on any atom is 0.0584 e. The van der Waals surface area contributed by atoms with Crippen LogP contribution in [0, 0.1) is 0 Å². The molecule has 2 N–H and O–H groups in total. The van der Waals surface area contributed by atoms with Crippen molar-refractivity contribution in [3.8, 4) is 0 Å². The highest BCUT2D eigenvalue weighted by Crippen LogP contribution is 2.00. The van der Waals surface area contributed by atoms with Crippen LogP contribution < -0.4 is 5.32 Å². The molecule has 1 rings (SSSR count). The van der Waals surface area contributed by atoms with Crippen molar-refractivity contribution in [1.29, 1.82) is 0 Å². The first kappa shape index (κ1) is 10.3. The first-order valence-electron chi connectivity index (χ1n) is 4.71. The Morgan fingerprint density at radius 3 is 2.85 bits per heavy atom. The summed E-state index contributed by atoms with van der Waals surface area (Å²) in [6, 6.07) is 2.30. The smallest absolute Gasteiger partial charge is 0.0584 e. The van der Waals surface area contributed by atoms with Crippen LogP contribution in [0.3, 0.4) is 0 Å². The van der Waals surface area contributed by atoms with E-state index < -0.39 is 0 Å². The van der Waals surface area contributed by atoms with Crippen molar-refractivity contribution >= 4 is 0 Å². The van der Waals surface area contributed by atoms with Crippen LogP contribution in [-0.4, -0.2) is 22.3 Å². The van der Waals surface area contributed by atoms with Crippen molar-refractivity contribution in [2.45, 2.75) is 25.9 Å². The third kappa shape index (κ3) is 3.20. The number of hydrogen-bond donors (Lipinski definition) is 2. The minimum atomic E-state index is 0.212. The van der Waals surface area contributed by atoms with Crippen molar-refractivity contribution in [2.75, 3.05) is 6.61 Å². The average Bonchev–Trinajstić information content (AvgIpc) is 2.53. The van der Waals surface area contributed by atoms with E-state index in [-0.39, 0.29) is 12.6 Å². The molecule has 3 nitrogen and oxygen atoms in total. The summed E-state index contributed by atoms with van der Waals surface area (Å²) in [6.07, 6.45) is 5.07. The Hall–Kier alpha value is -0.800. The molecule has 0 bridgehead atoms. The van der Waals surface area contributed by atoms with Gasteiger partial charge in [-0.1, -0.05) is 6.92 Å². The Kier molecular flexibility index (Phi) is 3.99. The number of nitrogens with one attached hydrogen (secondary N) is 1. The molecular formula is C10H18N2O. The number of nitrogens with zero attached hydrogens (tertiary/aromatic N) is 1.